The van der Waals surface area contributed by atoms with E-state index in [1.807, 2.05) is 0 Å². The number of anilines is 3. The first kappa shape index (κ1) is 33.1. The van der Waals surface area contributed by atoms with Gasteiger partial charge >= 0.3 is 11.9 Å². The van der Waals surface area contributed by atoms with Gasteiger partial charge in [0.2, 0.25) is 23.7 Å². The number of imide groups is 1. The van der Waals surface area contributed by atoms with Gasteiger partial charge in [0.1, 0.15) is 6.04 Å². The topological polar surface area (TPSA) is 197 Å². The van der Waals surface area contributed by atoms with Crippen LogP contribution in [-0.4, -0.2) is 79.4 Å². The summed E-state index contributed by atoms with van der Waals surface area (Å²) in [5.74, 6) is -4.00. The van der Waals surface area contributed by atoms with Gasteiger partial charge in [0.05, 0.1) is 19.8 Å². The zero-order valence-electron chi connectivity index (χ0n) is 24.2. The molecule has 42 heavy (non-hydrogen) atoms. The van der Waals surface area contributed by atoms with E-state index in [-0.39, 0.29) is 48.7 Å². The first-order chi connectivity index (χ1) is 19.8. The van der Waals surface area contributed by atoms with Crippen molar-refractivity contribution in [3.63, 3.8) is 0 Å². The number of amides is 4. The molecule has 0 fully saturated rings. The van der Waals surface area contributed by atoms with Crippen molar-refractivity contribution in [3.05, 3.63) is 45.7 Å². The van der Waals surface area contributed by atoms with Crippen molar-refractivity contribution >= 4 is 53.0 Å². The number of likely N-dealkylation sites (N-methyl/N-ethyl adjacent to an activating group) is 1. The molecule has 0 aliphatic heterocycles. The van der Waals surface area contributed by atoms with E-state index in [1.54, 1.807) is 24.1 Å². The molecule has 0 saturated heterocycles. The predicted molar refractivity (Wildman–Crippen MR) is 151 cm³/mol. The van der Waals surface area contributed by atoms with E-state index in [0.717, 1.165) is 18.7 Å². The Morgan fingerprint density at radius 3 is 2.12 bits per heavy atom. The summed E-state index contributed by atoms with van der Waals surface area (Å²) < 4.78 is 9.28. The van der Waals surface area contributed by atoms with Gasteiger partial charge in [0, 0.05) is 52.0 Å². The zero-order valence-corrected chi connectivity index (χ0v) is 24.2. The molecule has 0 unspecified atom stereocenters. The van der Waals surface area contributed by atoms with Crippen molar-refractivity contribution in [1.29, 1.82) is 0 Å². The number of H-pyrrole nitrogens is 1. The number of esters is 2. The molecule has 1 atom stereocenters. The van der Waals surface area contributed by atoms with Crippen molar-refractivity contribution in [2.45, 2.75) is 46.1 Å². The highest BCUT2D eigenvalue weighted by Crippen LogP contribution is 2.20. The van der Waals surface area contributed by atoms with Crippen LogP contribution in [0.3, 0.4) is 0 Å². The molecule has 4 amide bonds. The lowest BCUT2D eigenvalue weighted by atomic mass is 10.1. The van der Waals surface area contributed by atoms with Crippen LogP contribution in [0.15, 0.2) is 29.1 Å². The molecule has 0 bridgehead atoms. The number of benzene rings is 1. The summed E-state index contributed by atoms with van der Waals surface area (Å²) >= 11 is 0. The Labute approximate surface area is 241 Å². The Bertz CT molecular complexity index is 1390. The van der Waals surface area contributed by atoms with E-state index in [2.05, 4.69) is 25.3 Å². The quantitative estimate of drug-likeness (QED) is 0.293. The molecule has 0 aliphatic rings. The molecule has 2 rings (SSSR count). The number of carbonyl (C=O) groups is 6. The Hall–Kier alpha value is -5.08. The summed E-state index contributed by atoms with van der Waals surface area (Å²) in [6.45, 7) is 3.77. The molecule has 0 radical (unpaired) electrons. The Morgan fingerprint density at radius 1 is 0.976 bits per heavy atom. The van der Waals surface area contributed by atoms with Gasteiger partial charge in [0.25, 0.3) is 11.5 Å². The number of hydrogen-bond donors (Lipinski definition) is 3. The van der Waals surface area contributed by atoms with Gasteiger partial charge in [-0.1, -0.05) is 0 Å². The van der Waals surface area contributed by atoms with Crippen molar-refractivity contribution in [2.24, 2.45) is 0 Å². The maximum absolute atomic E-state index is 12.9. The van der Waals surface area contributed by atoms with E-state index >= 15 is 0 Å². The summed E-state index contributed by atoms with van der Waals surface area (Å²) in [7, 11) is 4.12. The highest BCUT2D eigenvalue weighted by Gasteiger charge is 2.26. The van der Waals surface area contributed by atoms with Gasteiger partial charge < -0.3 is 19.7 Å². The molecule has 1 aromatic carbocycles. The van der Waals surface area contributed by atoms with Crippen LogP contribution in [0.25, 0.3) is 0 Å². The molecule has 0 spiro atoms. The predicted octanol–water partition coefficient (Wildman–Crippen LogP) is 0.531. The molecule has 0 saturated carbocycles. The second-order valence-electron chi connectivity index (χ2n) is 9.15. The van der Waals surface area contributed by atoms with Crippen LogP contribution in [0.4, 0.5) is 17.5 Å². The summed E-state index contributed by atoms with van der Waals surface area (Å²) in [4.78, 5) is 94.2. The van der Waals surface area contributed by atoms with Crippen LogP contribution in [-0.2, 0) is 39.9 Å². The highest BCUT2D eigenvalue weighted by molar-refractivity contribution is 6.13. The van der Waals surface area contributed by atoms with Gasteiger partial charge in [-0.15, -0.1) is 0 Å². The molecule has 226 valence electrons. The molecule has 2 aromatic rings. The lowest BCUT2D eigenvalue weighted by molar-refractivity contribution is -0.144. The molecule has 1 heterocycles. The van der Waals surface area contributed by atoms with E-state index in [9.17, 15) is 33.6 Å². The van der Waals surface area contributed by atoms with Crippen LogP contribution in [0.2, 0.25) is 0 Å². The van der Waals surface area contributed by atoms with Crippen LogP contribution in [0, 0.1) is 0 Å². The van der Waals surface area contributed by atoms with E-state index in [1.165, 1.54) is 33.3 Å². The Kier molecular flexibility index (Phi) is 11.9. The van der Waals surface area contributed by atoms with Gasteiger partial charge in [-0.25, -0.2) is 9.69 Å². The maximum atomic E-state index is 12.9. The highest BCUT2D eigenvalue weighted by atomic mass is 16.5. The van der Waals surface area contributed by atoms with Crippen LogP contribution in [0.5, 0.6) is 0 Å². The van der Waals surface area contributed by atoms with Crippen molar-refractivity contribution in [2.75, 3.05) is 42.9 Å². The average molecular weight is 587 g/mol. The monoisotopic (exact) mass is 586 g/mol. The van der Waals surface area contributed by atoms with Gasteiger partial charge in [-0.2, -0.15) is 4.98 Å². The summed E-state index contributed by atoms with van der Waals surface area (Å²) in [5, 5.41) is 4.89. The fraction of sp³-hybridized carbons (Fsp3) is 0.407. The fourth-order valence-electron chi connectivity index (χ4n) is 3.92. The Balaban J connectivity index is 2.21. The third-order valence-corrected chi connectivity index (χ3v) is 6.05. The number of carbonyl (C=O) groups excluding carboxylic acids is 6. The number of nitrogens with one attached hydrogen (secondary N) is 3. The molecule has 3 N–H and O–H groups in total. The minimum Gasteiger partial charge on any atom is -0.469 e. The van der Waals surface area contributed by atoms with Crippen LogP contribution >= 0.6 is 0 Å². The average Bonchev–Trinajstić information content (AvgIpc) is 2.93. The molecular weight excluding hydrogens is 552 g/mol. The Morgan fingerprint density at radius 2 is 1.60 bits per heavy atom. The lowest BCUT2D eigenvalue weighted by Gasteiger charge is -2.23. The molecule has 15 heteroatoms. The molecule has 0 aliphatic carbocycles. The van der Waals surface area contributed by atoms with Crippen molar-refractivity contribution < 1.29 is 38.2 Å². The van der Waals surface area contributed by atoms with Crippen LogP contribution < -0.4 is 26.0 Å². The smallest absolute Gasteiger partial charge is 0.328 e. The second kappa shape index (κ2) is 15.1. The zero-order chi connectivity index (χ0) is 31.6. The number of methoxy groups -OCH3 is 2. The van der Waals surface area contributed by atoms with Crippen molar-refractivity contribution in [1.82, 2.24) is 15.3 Å². The molecule has 15 nitrogen and oxygen atoms in total. The SMILES string of the molecule is COC(=O)CC[C@@H](NC(=O)c1ccc(N(C)CCc2c(N(C(C)=O)C(C)=O)nc(NC(C)=O)[nH]c2=O)cc1)C(=O)OC. The van der Waals surface area contributed by atoms with E-state index in [4.69, 9.17) is 4.74 Å². The first-order valence-electron chi connectivity index (χ1n) is 12.8. The van der Waals surface area contributed by atoms with Gasteiger partial charge in [0.15, 0.2) is 5.82 Å². The number of nitrogens with zero attached hydrogens (tertiary/aromatic N) is 3. The number of aromatic amines is 1. The van der Waals surface area contributed by atoms with Gasteiger partial charge in [-0.05, 0) is 37.1 Å². The molecule has 1 aromatic heterocycles. The third kappa shape index (κ3) is 8.97. The number of rotatable bonds is 12. The second-order valence-corrected chi connectivity index (χ2v) is 9.15. The van der Waals surface area contributed by atoms with E-state index < -0.39 is 47.2 Å². The normalized spacial score (nSPS) is 11.1. The summed E-state index contributed by atoms with van der Waals surface area (Å²) in [5.41, 5.74) is 0.328. The maximum Gasteiger partial charge on any atom is 0.328 e. The van der Waals surface area contributed by atoms with Crippen LogP contribution in [0.1, 0.15) is 49.5 Å². The third-order valence-electron chi connectivity index (χ3n) is 6.05. The molecular formula is C27H34N6O9. The number of aromatic nitrogens is 2. The summed E-state index contributed by atoms with van der Waals surface area (Å²) in [6, 6.07) is 5.32. The van der Waals surface area contributed by atoms with Crippen molar-refractivity contribution in [3.8, 4) is 0 Å². The summed E-state index contributed by atoms with van der Waals surface area (Å²) in [6.07, 6.45) is -0.0277. The largest absolute Gasteiger partial charge is 0.469 e. The number of hydrogen-bond acceptors (Lipinski definition) is 11. The van der Waals surface area contributed by atoms with E-state index in [0.29, 0.717) is 5.69 Å². The van der Waals surface area contributed by atoms with Gasteiger partial charge in [-0.3, -0.25) is 39.1 Å². The fourth-order valence-corrected chi connectivity index (χ4v) is 3.92. The number of ether oxygens (including phenoxy) is 2. The minimum atomic E-state index is -1.05. The lowest BCUT2D eigenvalue weighted by Crippen LogP contribution is -2.41. The standard InChI is InChI=1S/C27H34N6O9/c1-15(34)28-27-30-23(33(16(2)35)17(3)36)20(25(39)31-27)13-14-32(4)19-9-7-18(8-10-19)24(38)29-21(26(40)42-6)11-12-22(37)41-5/h7-10,21H,11-14H2,1-6H3,(H,29,38)(H2,28,30,31,34,39)/t21-/m1/s1. The first-order valence-corrected chi connectivity index (χ1v) is 12.8. The minimum absolute atomic E-state index is 0.00162.